The van der Waals surface area contributed by atoms with Crippen molar-refractivity contribution in [3.05, 3.63) is 39.9 Å². The quantitative estimate of drug-likeness (QED) is 0.630. The summed E-state index contributed by atoms with van der Waals surface area (Å²) >= 11 is 0. The lowest BCUT2D eigenvalue weighted by Gasteiger charge is -2.36. The first kappa shape index (κ1) is 12.0. The first-order chi connectivity index (χ1) is 7.98. The molecule has 1 saturated heterocycles. The van der Waals surface area contributed by atoms with Crippen LogP contribution in [0.1, 0.15) is 25.5 Å². The zero-order chi connectivity index (χ0) is 12.5. The van der Waals surface area contributed by atoms with Crippen molar-refractivity contribution < 1.29 is 9.66 Å². The number of nitro groups is 1. The molecule has 0 spiro atoms. The van der Waals surface area contributed by atoms with Crippen molar-refractivity contribution in [1.29, 1.82) is 0 Å². The van der Waals surface area contributed by atoms with Gasteiger partial charge in [-0.1, -0.05) is 0 Å². The van der Waals surface area contributed by atoms with Gasteiger partial charge in [-0.2, -0.15) is 0 Å². The molecule has 0 bridgehead atoms. The van der Waals surface area contributed by atoms with E-state index in [4.69, 9.17) is 4.74 Å². The van der Waals surface area contributed by atoms with E-state index in [2.05, 4.69) is 19.2 Å². The van der Waals surface area contributed by atoms with Crippen molar-refractivity contribution in [2.75, 3.05) is 13.2 Å². The summed E-state index contributed by atoms with van der Waals surface area (Å²) in [6.45, 7) is 5.53. The molecule has 1 aromatic rings. The Morgan fingerprint density at radius 2 is 2.06 bits per heavy atom. The average molecular weight is 236 g/mol. The minimum absolute atomic E-state index is 0.00270. The highest BCUT2D eigenvalue weighted by molar-refractivity contribution is 5.34. The minimum Gasteiger partial charge on any atom is -0.370 e. The molecule has 0 saturated carbocycles. The SMILES string of the molecule is CC1(C)COC(c2ccc([N+](=O)[O-])cc2)CN1. The summed E-state index contributed by atoms with van der Waals surface area (Å²) in [5.74, 6) is 0. The number of morpholine rings is 1. The summed E-state index contributed by atoms with van der Waals surface area (Å²) in [5, 5.41) is 13.9. The van der Waals surface area contributed by atoms with Crippen LogP contribution in [0.2, 0.25) is 0 Å². The third-order valence-corrected chi connectivity index (χ3v) is 2.89. The monoisotopic (exact) mass is 236 g/mol. The lowest BCUT2D eigenvalue weighted by atomic mass is 10.0. The number of nitrogens with zero attached hydrogens (tertiary/aromatic N) is 1. The van der Waals surface area contributed by atoms with Crippen LogP contribution in [0.5, 0.6) is 0 Å². The van der Waals surface area contributed by atoms with Crippen LogP contribution in [-0.4, -0.2) is 23.6 Å². The Hall–Kier alpha value is -1.46. The highest BCUT2D eigenvalue weighted by atomic mass is 16.6. The number of hydrogen-bond acceptors (Lipinski definition) is 4. The van der Waals surface area contributed by atoms with E-state index >= 15 is 0 Å². The molecule has 1 aliphatic rings. The molecule has 1 unspecified atom stereocenters. The Balaban J connectivity index is 2.06. The lowest BCUT2D eigenvalue weighted by molar-refractivity contribution is -0.384. The smallest absolute Gasteiger partial charge is 0.269 e. The first-order valence-corrected chi connectivity index (χ1v) is 5.59. The molecule has 0 aromatic heterocycles. The fourth-order valence-electron chi connectivity index (χ4n) is 1.81. The third-order valence-electron chi connectivity index (χ3n) is 2.89. The summed E-state index contributed by atoms with van der Waals surface area (Å²) in [7, 11) is 0. The summed E-state index contributed by atoms with van der Waals surface area (Å²) in [6.07, 6.45) is -0.0242. The van der Waals surface area contributed by atoms with Crippen LogP contribution in [0, 0.1) is 10.1 Å². The Morgan fingerprint density at radius 1 is 1.41 bits per heavy atom. The third kappa shape index (κ3) is 2.81. The topological polar surface area (TPSA) is 64.4 Å². The summed E-state index contributed by atoms with van der Waals surface area (Å²) < 4.78 is 5.75. The van der Waals surface area contributed by atoms with Crippen LogP contribution in [-0.2, 0) is 4.74 Å². The molecule has 2 rings (SSSR count). The summed E-state index contributed by atoms with van der Waals surface area (Å²) in [6, 6.07) is 6.53. The molecule has 0 radical (unpaired) electrons. The van der Waals surface area contributed by atoms with Gasteiger partial charge in [-0.05, 0) is 31.5 Å². The van der Waals surface area contributed by atoms with E-state index in [0.717, 1.165) is 12.1 Å². The van der Waals surface area contributed by atoms with Gasteiger partial charge in [0.2, 0.25) is 0 Å². The van der Waals surface area contributed by atoms with E-state index in [1.807, 2.05) is 0 Å². The van der Waals surface area contributed by atoms with Crippen molar-refractivity contribution in [3.63, 3.8) is 0 Å². The molecule has 5 heteroatoms. The van der Waals surface area contributed by atoms with Crippen molar-refractivity contribution in [2.24, 2.45) is 0 Å². The van der Waals surface area contributed by atoms with E-state index < -0.39 is 4.92 Å². The van der Waals surface area contributed by atoms with Crippen LogP contribution in [0.25, 0.3) is 0 Å². The maximum atomic E-state index is 10.5. The van der Waals surface area contributed by atoms with Gasteiger partial charge in [-0.25, -0.2) is 0 Å². The van der Waals surface area contributed by atoms with Crippen LogP contribution >= 0.6 is 0 Å². The molecule has 1 aliphatic heterocycles. The van der Waals surface area contributed by atoms with E-state index in [9.17, 15) is 10.1 Å². The van der Waals surface area contributed by atoms with E-state index in [1.165, 1.54) is 12.1 Å². The molecular formula is C12H16N2O3. The fourth-order valence-corrected chi connectivity index (χ4v) is 1.81. The number of nitro benzene ring substituents is 1. The van der Waals surface area contributed by atoms with Gasteiger partial charge in [-0.3, -0.25) is 10.1 Å². The average Bonchev–Trinajstić information content (AvgIpc) is 2.29. The van der Waals surface area contributed by atoms with Crippen molar-refractivity contribution in [1.82, 2.24) is 5.32 Å². The predicted octanol–water partition coefficient (Wildman–Crippen LogP) is 2.03. The van der Waals surface area contributed by atoms with Gasteiger partial charge in [-0.15, -0.1) is 0 Å². The Kier molecular flexibility index (Phi) is 3.13. The Labute approximate surface area is 99.9 Å². The van der Waals surface area contributed by atoms with Gasteiger partial charge >= 0.3 is 0 Å². The molecule has 0 aliphatic carbocycles. The normalized spacial score (nSPS) is 23.3. The number of ether oxygens (including phenoxy) is 1. The van der Waals surface area contributed by atoms with Crippen molar-refractivity contribution >= 4 is 5.69 Å². The second kappa shape index (κ2) is 4.43. The largest absolute Gasteiger partial charge is 0.370 e. The minimum atomic E-state index is -0.396. The molecule has 0 amide bonds. The predicted molar refractivity (Wildman–Crippen MR) is 63.9 cm³/mol. The molecular weight excluding hydrogens is 220 g/mol. The van der Waals surface area contributed by atoms with Crippen molar-refractivity contribution in [3.8, 4) is 0 Å². The molecule has 1 fully saturated rings. The summed E-state index contributed by atoms with van der Waals surface area (Å²) in [4.78, 5) is 10.1. The molecule has 1 aromatic carbocycles. The van der Waals surface area contributed by atoms with E-state index in [0.29, 0.717) is 6.61 Å². The Morgan fingerprint density at radius 3 is 2.53 bits per heavy atom. The van der Waals surface area contributed by atoms with Gasteiger partial charge in [0, 0.05) is 24.2 Å². The van der Waals surface area contributed by atoms with Crippen LogP contribution in [0.15, 0.2) is 24.3 Å². The number of benzene rings is 1. The standard InChI is InChI=1S/C12H16N2O3/c1-12(2)8-17-11(7-13-12)9-3-5-10(6-4-9)14(15)16/h3-6,11,13H,7-8H2,1-2H3. The number of rotatable bonds is 2. The fraction of sp³-hybridized carbons (Fsp3) is 0.500. The van der Waals surface area contributed by atoms with Crippen LogP contribution in [0.3, 0.4) is 0 Å². The van der Waals surface area contributed by atoms with Gasteiger partial charge in [0.25, 0.3) is 5.69 Å². The molecule has 5 nitrogen and oxygen atoms in total. The zero-order valence-corrected chi connectivity index (χ0v) is 9.97. The highest BCUT2D eigenvalue weighted by Crippen LogP contribution is 2.24. The maximum absolute atomic E-state index is 10.5. The van der Waals surface area contributed by atoms with E-state index in [-0.39, 0.29) is 17.3 Å². The highest BCUT2D eigenvalue weighted by Gasteiger charge is 2.27. The van der Waals surface area contributed by atoms with Crippen molar-refractivity contribution in [2.45, 2.75) is 25.5 Å². The lowest BCUT2D eigenvalue weighted by Crippen LogP contribution is -2.50. The zero-order valence-electron chi connectivity index (χ0n) is 9.97. The summed E-state index contributed by atoms with van der Waals surface area (Å²) in [5.41, 5.74) is 1.08. The van der Waals surface area contributed by atoms with Gasteiger partial charge in [0.05, 0.1) is 17.6 Å². The number of hydrogen-bond donors (Lipinski definition) is 1. The molecule has 92 valence electrons. The van der Waals surface area contributed by atoms with Gasteiger partial charge in [0.15, 0.2) is 0 Å². The molecule has 1 N–H and O–H groups in total. The maximum Gasteiger partial charge on any atom is 0.269 e. The molecule has 17 heavy (non-hydrogen) atoms. The Bertz CT molecular complexity index is 404. The second-order valence-corrected chi connectivity index (χ2v) is 4.91. The van der Waals surface area contributed by atoms with Gasteiger partial charge < -0.3 is 10.1 Å². The van der Waals surface area contributed by atoms with Gasteiger partial charge in [0.1, 0.15) is 0 Å². The van der Waals surface area contributed by atoms with Crippen LogP contribution < -0.4 is 5.32 Å². The second-order valence-electron chi connectivity index (χ2n) is 4.91. The van der Waals surface area contributed by atoms with Crippen LogP contribution in [0.4, 0.5) is 5.69 Å². The molecule has 1 atom stereocenters. The number of non-ortho nitro benzene ring substituents is 1. The number of nitrogens with one attached hydrogen (secondary N) is 1. The molecule has 1 heterocycles. The van der Waals surface area contributed by atoms with E-state index in [1.54, 1.807) is 12.1 Å². The first-order valence-electron chi connectivity index (χ1n) is 5.59.